The number of amides is 1. The van der Waals surface area contributed by atoms with Crippen LogP contribution in [-0.4, -0.2) is 60.9 Å². The van der Waals surface area contributed by atoms with Crippen molar-refractivity contribution in [2.45, 2.75) is 96.9 Å². The van der Waals surface area contributed by atoms with Crippen LogP contribution in [0.3, 0.4) is 0 Å². The van der Waals surface area contributed by atoms with Crippen LogP contribution >= 0.6 is 0 Å². The molecule has 0 radical (unpaired) electrons. The van der Waals surface area contributed by atoms with Crippen LogP contribution in [0.1, 0.15) is 87.7 Å². The van der Waals surface area contributed by atoms with Crippen LogP contribution in [0.15, 0.2) is 6.07 Å². The number of hydrogen-bond donors (Lipinski definition) is 4. The molecule has 4 N–H and O–H groups in total. The van der Waals surface area contributed by atoms with E-state index in [0.717, 1.165) is 19.3 Å². The number of hydrogen-bond acceptors (Lipinski definition) is 6. The molecule has 9 heteroatoms. The van der Waals surface area contributed by atoms with Crippen LogP contribution in [0.25, 0.3) is 0 Å². The third-order valence-corrected chi connectivity index (χ3v) is 10.4. The van der Waals surface area contributed by atoms with Crippen molar-refractivity contribution in [1.29, 1.82) is 0 Å². The highest BCUT2D eigenvalue weighted by Gasteiger charge is 2.67. The first-order valence-electron chi connectivity index (χ1n) is 13.2. The van der Waals surface area contributed by atoms with E-state index in [1.165, 1.54) is 11.0 Å². The van der Waals surface area contributed by atoms with Gasteiger partial charge in [-0.2, -0.15) is 0 Å². The normalized spacial score (nSPS) is 34.5. The number of phenolic OH excluding ortho intramolecular Hbond substituents is 1. The molecule has 0 unspecified atom stereocenters. The molecular weight excluding hydrogens is 478 g/mol. The zero-order valence-electron chi connectivity index (χ0n) is 21.9. The topological polar surface area (TPSA) is 145 Å². The number of fused-ring (bicyclic) bond motifs is 5. The highest BCUT2D eigenvalue weighted by molar-refractivity contribution is 6.02. The Morgan fingerprint density at radius 3 is 2.51 bits per heavy atom. The Hall–Kier alpha value is -2.81. The number of carboxylic acid groups (broad SMARTS) is 2. The highest BCUT2D eigenvalue weighted by atomic mass is 16.5. The van der Waals surface area contributed by atoms with Crippen molar-refractivity contribution in [2.75, 3.05) is 0 Å². The molecule has 1 spiro atoms. The lowest BCUT2D eigenvalue weighted by molar-refractivity contribution is -0.210. The molecule has 2 saturated carbocycles. The highest BCUT2D eigenvalue weighted by Crippen LogP contribution is 2.67. The van der Waals surface area contributed by atoms with E-state index < -0.39 is 35.6 Å². The molecule has 0 saturated heterocycles. The Balaban J connectivity index is 1.55. The average Bonchev–Trinajstić information content (AvgIpc) is 3.36. The lowest BCUT2D eigenvalue weighted by Gasteiger charge is -2.64. The van der Waals surface area contributed by atoms with Gasteiger partial charge in [-0.25, -0.2) is 4.79 Å². The van der Waals surface area contributed by atoms with Gasteiger partial charge in [0.2, 0.25) is 0 Å². The van der Waals surface area contributed by atoms with E-state index in [4.69, 9.17) is 9.84 Å². The number of rotatable bonds is 5. The summed E-state index contributed by atoms with van der Waals surface area (Å²) < 4.78 is 6.95. The van der Waals surface area contributed by atoms with Gasteiger partial charge in [0.25, 0.3) is 5.91 Å². The second-order valence-electron chi connectivity index (χ2n) is 12.4. The number of aliphatic hydroxyl groups excluding tert-OH is 1. The number of carbonyl (C=O) groups excluding carboxylic acids is 1. The predicted octanol–water partition coefficient (Wildman–Crippen LogP) is 3.57. The number of aliphatic carboxylic acids is 2. The maximum absolute atomic E-state index is 13.3. The van der Waals surface area contributed by atoms with Crippen molar-refractivity contribution >= 4 is 17.8 Å². The Kier molecular flexibility index (Phi) is 5.83. The molecule has 1 aromatic carbocycles. The minimum atomic E-state index is -1.29. The van der Waals surface area contributed by atoms with Gasteiger partial charge in [-0.3, -0.25) is 9.59 Å². The molecule has 1 aromatic rings. The van der Waals surface area contributed by atoms with Crippen molar-refractivity contribution in [3.63, 3.8) is 0 Å². The van der Waals surface area contributed by atoms with Gasteiger partial charge in [0.1, 0.15) is 23.1 Å². The van der Waals surface area contributed by atoms with Crippen LogP contribution in [0.2, 0.25) is 0 Å². The van der Waals surface area contributed by atoms with E-state index >= 15 is 0 Å². The zero-order chi connectivity index (χ0) is 27.1. The molecule has 9 nitrogen and oxygen atoms in total. The van der Waals surface area contributed by atoms with Gasteiger partial charge in [0.15, 0.2) is 0 Å². The Bertz CT molecular complexity index is 1180. The van der Waals surface area contributed by atoms with E-state index in [9.17, 15) is 29.7 Å². The number of ether oxygens (including phenoxy) is 1. The molecule has 2 aliphatic heterocycles. The zero-order valence-corrected chi connectivity index (χ0v) is 21.9. The van der Waals surface area contributed by atoms with Crippen LogP contribution in [0.5, 0.6) is 11.5 Å². The van der Waals surface area contributed by atoms with Gasteiger partial charge >= 0.3 is 11.9 Å². The SMILES string of the molecule is C[C@@H]1CC[C@@H]2C(C)(C)[C@@H](O)CC[C@]2(C)[C@]12Cc1c(O)cc3c(c1O2)CN([C@@H](CCC(=O)O)C(=O)O)C3=O. The molecular formula is C28H37NO8. The molecule has 37 heavy (non-hydrogen) atoms. The van der Waals surface area contributed by atoms with Gasteiger partial charge in [0, 0.05) is 29.4 Å². The number of nitrogens with zero attached hydrogens (tertiary/aromatic N) is 1. The summed E-state index contributed by atoms with van der Waals surface area (Å²) >= 11 is 0. The first-order chi connectivity index (χ1) is 17.2. The van der Waals surface area contributed by atoms with Gasteiger partial charge in [-0.1, -0.05) is 27.7 Å². The molecule has 2 aliphatic carbocycles. The van der Waals surface area contributed by atoms with E-state index in [1.807, 2.05) is 0 Å². The number of carbonyl (C=O) groups is 3. The van der Waals surface area contributed by atoms with Crippen LogP contribution in [0, 0.1) is 22.7 Å². The Morgan fingerprint density at radius 1 is 1.16 bits per heavy atom. The summed E-state index contributed by atoms with van der Waals surface area (Å²) in [4.78, 5) is 37.6. The van der Waals surface area contributed by atoms with E-state index in [2.05, 4.69) is 27.7 Å². The van der Waals surface area contributed by atoms with Gasteiger partial charge < -0.3 is 30.1 Å². The average molecular weight is 516 g/mol. The molecule has 0 bridgehead atoms. The van der Waals surface area contributed by atoms with Crippen LogP contribution < -0.4 is 4.74 Å². The Morgan fingerprint density at radius 2 is 1.86 bits per heavy atom. The smallest absolute Gasteiger partial charge is 0.326 e. The van der Waals surface area contributed by atoms with Gasteiger partial charge in [-0.05, 0) is 55.4 Å². The van der Waals surface area contributed by atoms with Crippen molar-refractivity contribution in [3.8, 4) is 11.5 Å². The van der Waals surface area contributed by atoms with E-state index in [0.29, 0.717) is 29.7 Å². The maximum Gasteiger partial charge on any atom is 0.326 e. The second-order valence-corrected chi connectivity index (χ2v) is 12.4. The minimum absolute atomic E-state index is 0.0117. The lowest BCUT2D eigenvalue weighted by Crippen LogP contribution is -2.66. The molecule has 6 atom stereocenters. The summed E-state index contributed by atoms with van der Waals surface area (Å²) in [5, 5.41) is 40.8. The van der Waals surface area contributed by atoms with Crippen molar-refractivity contribution in [2.24, 2.45) is 22.7 Å². The maximum atomic E-state index is 13.3. The first kappa shape index (κ1) is 25.8. The predicted molar refractivity (Wildman–Crippen MR) is 132 cm³/mol. The fourth-order valence-electron chi connectivity index (χ4n) is 8.22. The van der Waals surface area contributed by atoms with Crippen molar-refractivity contribution < 1.29 is 39.5 Å². The van der Waals surface area contributed by atoms with E-state index in [1.54, 1.807) is 0 Å². The van der Waals surface area contributed by atoms with Crippen molar-refractivity contribution in [3.05, 3.63) is 22.8 Å². The van der Waals surface area contributed by atoms with Crippen molar-refractivity contribution in [1.82, 2.24) is 4.90 Å². The second kappa shape index (κ2) is 8.35. The monoisotopic (exact) mass is 515 g/mol. The van der Waals surface area contributed by atoms with E-state index in [-0.39, 0.29) is 53.4 Å². The van der Waals surface area contributed by atoms with Gasteiger partial charge in [0.05, 0.1) is 18.2 Å². The summed E-state index contributed by atoms with van der Waals surface area (Å²) in [6.07, 6.45) is 2.83. The summed E-state index contributed by atoms with van der Waals surface area (Å²) in [6, 6.07) is 0.122. The minimum Gasteiger partial charge on any atom is -0.508 e. The molecule has 2 heterocycles. The molecule has 4 aliphatic rings. The largest absolute Gasteiger partial charge is 0.508 e. The number of aromatic hydroxyl groups is 1. The molecule has 0 aromatic heterocycles. The third-order valence-electron chi connectivity index (χ3n) is 10.4. The molecule has 5 rings (SSSR count). The fourth-order valence-corrected chi connectivity index (χ4v) is 8.22. The summed E-state index contributed by atoms with van der Waals surface area (Å²) in [5.74, 6) is -2.14. The molecule has 202 valence electrons. The summed E-state index contributed by atoms with van der Waals surface area (Å²) in [5.41, 5.74) is 0.202. The lowest BCUT2D eigenvalue weighted by atomic mass is 9.43. The molecule has 1 amide bonds. The van der Waals surface area contributed by atoms with Gasteiger partial charge in [-0.15, -0.1) is 0 Å². The summed E-state index contributed by atoms with van der Waals surface area (Å²) in [6.45, 7) is 8.66. The number of aliphatic hydroxyl groups is 1. The number of phenols is 1. The van der Waals surface area contributed by atoms with Crippen LogP contribution in [0.4, 0.5) is 0 Å². The fraction of sp³-hybridized carbons (Fsp3) is 0.679. The standard InChI is InChI=1S/C28H37NO8/c1-14-5-7-20-26(2,3)21(31)9-10-27(20,4)28(14)12-16-19(30)11-15-17(23(16)37-28)13-29(24(15)34)18(25(35)36)6-8-22(32)33/h11,14,18,20-21,30-31H,5-10,12-13H2,1-4H3,(H,32,33)(H,35,36)/t14-,18+,20-,21+,27+,28+/m1/s1. The quantitative estimate of drug-likeness (QED) is 0.466. The summed E-state index contributed by atoms with van der Waals surface area (Å²) in [7, 11) is 0. The molecule has 2 fully saturated rings. The Labute approximate surface area is 216 Å². The first-order valence-corrected chi connectivity index (χ1v) is 13.2. The van der Waals surface area contributed by atoms with Crippen LogP contribution in [-0.2, 0) is 22.6 Å². The number of carboxylic acids is 2. The third kappa shape index (κ3) is 3.49. The number of benzene rings is 1.